The fourth-order valence-electron chi connectivity index (χ4n) is 1.35. The van der Waals surface area contributed by atoms with Crippen LogP contribution < -0.4 is 5.32 Å². The van der Waals surface area contributed by atoms with Crippen LogP contribution in [0.15, 0.2) is 16.3 Å². The summed E-state index contributed by atoms with van der Waals surface area (Å²) < 4.78 is 5.25. The Labute approximate surface area is 83.8 Å². The molecule has 1 saturated heterocycles. The number of rotatable bonds is 0. The Morgan fingerprint density at radius 3 is 2.92 bits per heavy atom. The van der Waals surface area contributed by atoms with Gasteiger partial charge in [-0.3, -0.25) is 0 Å². The zero-order valence-electron chi connectivity index (χ0n) is 8.22. The highest BCUT2D eigenvalue weighted by atomic mass is 35.5. The summed E-state index contributed by atoms with van der Waals surface area (Å²) in [6, 6.07) is 0.170. The molecule has 0 spiro atoms. The summed E-state index contributed by atoms with van der Waals surface area (Å²) in [6.07, 6.45) is 0. The number of nitrogens with one attached hydrogen (secondary N) is 1. The van der Waals surface area contributed by atoms with Crippen LogP contribution in [-0.4, -0.2) is 24.6 Å². The van der Waals surface area contributed by atoms with E-state index in [2.05, 4.69) is 10.3 Å². The van der Waals surface area contributed by atoms with Gasteiger partial charge >= 0.3 is 0 Å². The minimum atomic E-state index is 0.170. The van der Waals surface area contributed by atoms with Crippen LogP contribution in [0.3, 0.4) is 0 Å². The number of hydrogen-bond acceptors (Lipinski definition) is 3. The molecule has 1 unspecified atom stereocenters. The van der Waals surface area contributed by atoms with E-state index < -0.39 is 0 Å². The molecule has 1 fully saturated rings. The monoisotopic (exact) mass is 202 g/mol. The molecule has 0 aliphatic carbocycles. The van der Waals surface area contributed by atoms with Gasteiger partial charge in [0.1, 0.15) is 6.04 Å². The topological polar surface area (TPSA) is 33.6 Å². The lowest BCUT2D eigenvalue weighted by Gasteiger charge is -2.16. The predicted molar refractivity (Wildman–Crippen MR) is 55.1 cm³/mol. The van der Waals surface area contributed by atoms with E-state index >= 15 is 0 Å². The van der Waals surface area contributed by atoms with Crippen molar-refractivity contribution < 1.29 is 4.74 Å². The van der Waals surface area contributed by atoms with Gasteiger partial charge in [0, 0.05) is 11.3 Å². The second kappa shape index (κ2) is 4.63. The normalized spacial score (nSPS) is 25.5. The summed E-state index contributed by atoms with van der Waals surface area (Å²) in [5.41, 5.74) is 2.32. The van der Waals surface area contributed by atoms with E-state index in [1.807, 2.05) is 20.8 Å². The highest BCUT2D eigenvalue weighted by molar-refractivity contribution is 6.65. The second-order valence-electron chi connectivity index (χ2n) is 2.73. The molecule has 3 nitrogen and oxygen atoms in total. The van der Waals surface area contributed by atoms with Crippen LogP contribution in [0.25, 0.3) is 0 Å². The van der Waals surface area contributed by atoms with Gasteiger partial charge in [0.15, 0.2) is 5.29 Å². The number of ether oxygens (including phenoxy) is 1. The summed E-state index contributed by atoms with van der Waals surface area (Å²) in [4.78, 5) is 4.18. The van der Waals surface area contributed by atoms with Crippen molar-refractivity contribution >= 4 is 16.9 Å². The molecule has 2 rings (SSSR count). The lowest BCUT2D eigenvalue weighted by Crippen LogP contribution is -2.27. The molecule has 2 heterocycles. The third-order valence-electron chi connectivity index (χ3n) is 1.98. The predicted octanol–water partition coefficient (Wildman–Crippen LogP) is 1.88. The van der Waals surface area contributed by atoms with Crippen molar-refractivity contribution in [1.29, 1.82) is 0 Å². The molecule has 2 aliphatic heterocycles. The third kappa shape index (κ3) is 2.23. The van der Waals surface area contributed by atoms with E-state index in [-0.39, 0.29) is 6.04 Å². The fraction of sp³-hybridized carbons (Fsp3) is 0.667. The Balaban J connectivity index is 0.000000396. The van der Waals surface area contributed by atoms with Crippen molar-refractivity contribution in [2.24, 2.45) is 4.99 Å². The van der Waals surface area contributed by atoms with Crippen molar-refractivity contribution in [2.75, 3.05) is 13.2 Å². The molecule has 0 saturated carbocycles. The Morgan fingerprint density at radius 2 is 2.23 bits per heavy atom. The zero-order valence-corrected chi connectivity index (χ0v) is 8.98. The van der Waals surface area contributed by atoms with Crippen LogP contribution in [0.5, 0.6) is 0 Å². The molecular weight excluding hydrogens is 188 g/mol. The summed E-state index contributed by atoms with van der Waals surface area (Å²) in [7, 11) is 0. The van der Waals surface area contributed by atoms with Gasteiger partial charge < -0.3 is 10.1 Å². The molecule has 74 valence electrons. The third-order valence-corrected chi connectivity index (χ3v) is 2.17. The van der Waals surface area contributed by atoms with Crippen LogP contribution in [0.2, 0.25) is 0 Å². The van der Waals surface area contributed by atoms with Gasteiger partial charge in [-0.1, -0.05) is 13.8 Å². The highest BCUT2D eigenvalue weighted by Crippen LogP contribution is 2.22. The van der Waals surface area contributed by atoms with E-state index in [1.54, 1.807) is 0 Å². The Kier molecular flexibility index (Phi) is 3.75. The lowest BCUT2D eigenvalue weighted by molar-refractivity contribution is 0.199. The second-order valence-corrected chi connectivity index (χ2v) is 3.08. The van der Waals surface area contributed by atoms with Crippen LogP contribution in [-0.2, 0) is 4.74 Å². The number of aliphatic imine (C=N–C) groups is 1. The highest BCUT2D eigenvalue weighted by Gasteiger charge is 2.26. The fourth-order valence-corrected chi connectivity index (χ4v) is 1.61. The Bertz CT molecular complexity index is 248. The van der Waals surface area contributed by atoms with Crippen molar-refractivity contribution in [1.82, 2.24) is 5.32 Å². The molecule has 4 heteroatoms. The maximum atomic E-state index is 5.73. The Morgan fingerprint density at radius 1 is 1.54 bits per heavy atom. The van der Waals surface area contributed by atoms with Crippen molar-refractivity contribution in [3.63, 3.8) is 0 Å². The van der Waals surface area contributed by atoms with E-state index in [9.17, 15) is 0 Å². The van der Waals surface area contributed by atoms with E-state index in [1.165, 1.54) is 5.57 Å². The first-order chi connectivity index (χ1) is 6.27. The zero-order chi connectivity index (χ0) is 9.84. The summed E-state index contributed by atoms with van der Waals surface area (Å²) in [5.74, 6) is 0. The molecule has 13 heavy (non-hydrogen) atoms. The van der Waals surface area contributed by atoms with E-state index in [4.69, 9.17) is 16.3 Å². The number of nitrogens with zero attached hydrogens (tertiary/aromatic N) is 1. The largest absolute Gasteiger partial charge is 0.374 e. The number of allylic oxidation sites excluding steroid dienone is 1. The van der Waals surface area contributed by atoms with E-state index in [0.717, 1.165) is 5.70 Å². The van der Waals surface area contributed by atoms with Crippen molar-refractivity contribution in [3.05, 3.63) is 11.3 Å². The van der Waals surface area contributed by atoms with Crippen LogP contribution >= 0.6 is 11.6 Å². The quantitative estimate of drug-likeness (QED) is 0.609. The molecule has 0 aromatic heterocycles. The van der Waals surface area contributed by atoms with Crippen LogP contribution in [0, 0.1) is 0 Å². The lowest BCUT2D eigenvalue weighted by atomic mass is 10.1. The van der Waals surface area contributed by atoms with Gasteiger partial charge in [-0.25, -0.2) is 4.99 Å². The smallest absolute Gasteiger partial charge is 0.196 e. The molecule has 1 atom stereocenters. The minimum Gasteiger partial charge on any atom is -0.374 e. The molecule has 0 bridgehead atoms. The van der Waals surface area contributed by atoms with Gasteiger partial charge in [-0.15, -0.1) is 0 Å². The maximum Gasteiger partial charge on any atom is 0.196 e. The first-order valence-electron chi connectivity index (χ1n) is 4.55. The summed E-state index contributed by atoms with van der Waals surface area (Å²) in [6.45, 7) is 7.36. The van der Waals surface area contributed by atoms with Crippen LogP contribution in [0.4, 0.5) is 0 Å². The first-order valence-corrected chi connectivity index (χ1v) is 4.93. The van der Waals surface area contributed by atoms with Gasteiger partial charge in [0.2, 0.25) is 0 Å². The molecule has 2 aliphatic rings. The van der Waals surface area contributed by atoms with Crippen LogP contribution in [0.1, 0.15) is 20.8 Å². The summed E-state index contributed by atoms with van der Waals surface area (Å²) >= 11 is 5.73. The standard InChI is InChI=1S/C7H9ClN2O.C2H6/c1-4-5-2-11-3-6(5)10-7(8)9-4;1-2/h6H,2-3H2,1H3,(H,9,10);1-2H3. The average Bonchev–Trinajstić information content (AvgIpc) is 2.55. The van der Waals surface area contributed by atoms with Crippen molar-refractivity contribution in [3.8, 4) is 0 Å². The van der Waals surface area contributed by atoms with Crippen molar-refractivity contribution in [2.45, 2.75) is 26.8 Å². The van der Waals surface area contributed by atoms with Gasteiger partial charge in [0.05, 0.1) is 13.2 Å². The molecule has 0 aromatic rings. The number of amidine groups is 1. The van der Waals surface area contributed by atoms with Gasteiger partial charge in [0.25, 0.3) is 0 Å². The molecule has 0 amide bonds. The number of fused-ring (bicyclic) bond motifs is 1. The molecule has 0 radical (unpaired) electrons. The number of hydrogen-bond donors (Lipinski definition) is 1. The number of halogens is 1. The maximum absolute atomic E-state index is 5.73. The minimum absolute atomic E-state index is 0.170. The molecule has 1 N–H and O–H groups in total. The molecular formula is C9H15ClN2O. The average molecular weight is 203 g/mol. The Hall–Kier alpha value is -0.540. The van der Waals surface area contributed by atoms with Gasteiger partial charge in [-0.05, 0) is 18.5 Å². The first kappa shape index (κ1) is 10.5. The summed E-state index contributed by atoms with van der Waals surface area (Å²) in [5, 5.41) is 3.44. The SMILES string of the molecule is CC.CC1=C2COCC2N=C(Cl)N1. The molecule has 0 aromatic carbocycles. The van der Waals surface area contributed by atoms with E-state index in [0.29, 0.717) is 18.5 Å². The van der Waals surface area contributed by atoms with Gasteiger partial charge in [-0.2, -0.15) is 0 Å².